The first kappa shape index (κ1) is 22.1. The van der Waals surface area contributed by atoms with Crippen molar-refractivity contribution in [3.8, 4) is 17.1 Å². The minimum Gasteiger partial charge on any atom is -0.497 e. The van der Waals surface area contributed by atoms with Gasteiger partial charge in [-0.05, 0) is 42.8 Å². The summed E-state index contributed by atoms with van der Waals surface area (Å²) >= 11 is 0. The summed E-state index contributed by atoms with van der Waals surface area (Å²) in [6.45, 7) is 2.53. The molecular formula is C26H27N5O2. The van der Waals surface area contributed by atoms with E-state index in [1.54, 1.807) is 31.4 Å². The highest BCUT2D eigenvalue weighted by Gasteiger charge is 2.19. The topological polar surface area (TPSA) is 72.3 Å². The maximum absolute atomic E-state index is 13.3. The van der Waals surface area contributed by atoms with Crippen LogP contribution < -0.4 is 15.0 Å². The van der Waals surface area contributed by atoms with E-state index in [1.807, 2.05) is 57.4 Å². The molecule has 4 aromatic rings. The molecule has 0 saturated heterocycles. The van der Waals surface area contributed by atoms with Crippen molar-refractivity contribution in [2.24, 2.45) is 0 Å². The quantitative estimate of drug-likeness (QED) is 0.451. The first-order chi connectivity index (χ1) is 15.9. The molecule has 0 bridgehead atoms. The minimum atomic E-state index is -0.287. The third kappa shape index (κ3) is 5.03. The van der Waals surface area contributed by atoms with Gasteiger partial charge in [0.25, 0.3) is 5.91 Å². The van der Waals surface area contributed by atoms with Gasteiger partial charge < -0.3 is 15.0 Å². The van der Waals surface area contributed by atoms with E-state index in [0.29, 0.717) is 29.6 Å². The molecule has 0 saturated carbocycles. The molecule has 0 aliphatic carbocycles. The van der Waals surface area contributed by atoms with Gasteiger partial charge in [0.05, 0.1) is 7.11 Å². The van der Waals surface area contributed by atoms with Crippen molar-refractivity contribution >= 4 is 17.5 Å². The van der Waals surface area contributed by atoms with Gasteiger partial charge in [0, 0.05) is 37.5 Å². The van der Waals surface area contributed by atoms with Gasteiger partial charge in [0.1, 0.15) is 5.75 Å². The van der Waals surface area contributed by atoms with Crippen molar-refractivity contribution in [1.82, 2.24) is 14.8 Å². The Labute approximate surface area is 193 Å². The fourth-order valence-electron chi connectivity index (χ4n) is 3.36. The summed E-state index contributed by atoms with van der Waals surface area (Å²) in [5.41, 5.74) is 4.65. The number of nitrogens with zero attached hydrogens (tertiary/aromatic N) is 4. The molecule has 7 nitrogen and oxygen atoms in total. The summed E-state index contributed by atoms with van der Waals surface area (Å²) in [6, 6.07) is 23.1. The van der Waals surface area contributed by atoms with Gasteiger partial charge in [-0.3, -0.25) is 4.79 Å². The third-order valence-corrected chi connectivity index (χ3v) is 5.33. The van der Waals surface area contributed by atoms with Gasteiger partial charge in [-0.15, -0.1) is 5.10 Å². The number of hydrogen-bond acceptors (Lipinski definition) is 6. The lowest BCUT2D eigenvalue weighted by molar-refractivity contribution is 0.0947. The number of benzene rings is 3. The van der Waals surface area contributed by atoms with E-state index >= 15 is 0 Å². The van der Waals surface area contributed by atoms with E-state index in [0.717, 1.165) is 22.4 Å². The largest absolute Gasteiger partial charge is 0.497 e. The Morgan fingerprint density at radius 3 is 2.42 bits per heavy atom. The van der Waals surface area contributed by atoms with Crippen molar-refractivity contribution < 1.29 is 9.53 Å². The van der Waals surface area contributed by atoms with Gasteiger partial charge in [0.15, 0.2) is 5.82 Å². The van der Waals surface area contributed by atoms with Crippen LogP contribution in [-0.4, -0.2) is 41.9 Å². The Balaban J connectivity index is 1.66. The predicted octanol–water partition coefficient (Wildman–Crippen LogP) is 4.63. The van der Waals surface area contributed by atoms with E-state index in [4.69, 9.17) is 4.74 Å². The predicted molar refractivity (Wildman–Crippen MR) is 131 cm³/mol. The summed E-state index contributed by atoms with van der Waals surface area (Å²) in [4.78, 5) is 20.0. The highest BCUT2D eigenvalue weighted by atomic mass is 16.5. The van der Waals surface area contributed by atoms with Gasteiger partial charge in [-0.2, -0.15) is 9.67 Å². The molecule has 0 atom stereocenters. The number of aryl methyl sites for hydroxylation is 1. The van der Waals surface area contributed by atoms with Gasteiger partial charge >= 0.3 is 0 Å². The fraction of sp³-hybridized carbons (Fsp3) is 0.192. The maximum atomic E-state index is 13.3. The highest BCUT2D eigenvalue weighted by molar-refractivity contribution is 5.97. The van der Waals surface area contributed by atoms with Crippen LogP contribution in [-0.2, 0) is 6.54 Å². The summed E-state index contributed by atoms with van der Waals surface area (Å²) in [7, 11) is 5.59. The van der Waals surface area contributed by atoms with Crippen molar-refractivity contribution in [2.45, 2.75) is 13.5 Å². The van der Waals surface area contributed by atoms with Crippen LogP contribution in [0, 0.1) is 6.92 Å². The zero-order chi connectivity index (χ0) is 23.4. The summed E-state index contributed by atoms with van der Waals surface area (Å²) < 4.78 is 6.59. The van der Waals surface area contributed by atoms with Gasteiger partial charge in [-0.1, -0.05) is 48.0 Å². The van der Waals surface area contributed by atoms with Gasteiger partial charge in [0.2, 0.25) is 5.95 Å². The van der Waals surface area contributed by atoms with Crippen molar-refractivity contribution in [1.29, 1.82) is 0 Å². The van der Waals surface area contributed by atoms with Crippen molar-refractivity contribution in [2.75, 3.05) is 31.4 Å². The van der Waals surface area contributed by atoms with Crippen LogP contribution in [0.2, 0.25) is 0 Å². The normalized spacial score (nSPS) is 10.7. The standard InChI is InChI=1S/C26H27N5O2/c1-18-8-12-20(13-9-18)24-28-26(27-17-19-10-14-22(15-11-19)30(2)3)31(29-24)25(32)21-6-5-7-23(16-21)33-4/h5-16H,17H2,1-4H3,(H,27,28,29). The first-order valence-corrected chi connectivity index (χ1v) is 10.7. The molecule has 1 N–H and O–H groups in total. The number of anilines is 2. The molecule has 0 radical (unpaired) electrons. The molecule has 1 aromatic heterocycles. The smallest absolute Gasteiger partial charge is 0.281 e. The summed E-state index contributed by atoms with van der Waals surface area (Å²) in [5.74, 6) is 1.19. The zero-order valence-electron chi connectivity index (χ0n) is 19.2. The van der Waals surface area contributed by atoms with Crippen molar-refractivity contribution in [3.63, 3.8) is 0 Å². The number of hydrogen-bond donors (Lipinski definition) is 1. The molecule has 0 amide bonds. The molecule has 0 aliphatic rings. The van der Waals surface area contributed by atoms with Crippen LogP contribution >= 0.6 is 0 Å². The van der Waals surface area contributed by atoms with Crippen LogP contribution in [0.5, 0.6) is 5.75 Å². The molecule has 7 heteroatoms. The number of carbonyl (C=O) groups excluding carboxylic acids is 1. The zero-order valence-corrected chi connectivity index (χ0v) is 19.2. The van der Waals surface area contributed by atoms with Crippen molar-refractivity contribution in [3.05, 3.63) is 89.5 Å². The van der Waals surface area contributed by atoms with E-state index in [1.165, 1.54) is 4.68 Å². The SMILES string of the molecule is COc1cccc(C(=O)n2nc(-c3ccc(C)cc3)nc2NCc2ccc(N(C)C)cc2)c1. The number of carbonyl (C=O) groups is 1. The average molecular weight is 442 g/mol. The maximum Gasteiger partial charge on any atom is 0.281 e. The van der Waals surface area contributed by atoms with Crippen LogP contribution in [0.1, 0.15) is 21.5 Å². The molecule has 1 heterocycles. The number of methoxy groups -OCH3 is 1. The number of rotatable bonds is 7. The fourth-order valence-corrected chi connectivity index (χ4v) is 3.36. The second kappa shape index (κ2) is 9.56. The second-order valence-electron chi connectivity index (χ2n) is 7.99. The van der Waals surface area contributed by atoms with E-state index in [2.05, 4.69) is 32.4 Å². The van der Waals surface area contributed by atoms with Gasteiger partial charge in [-0.25, -0.2) is 0 Å². The summed E-state index contributed by atoms with van der Waals surface area (Å²) in [6.07, 6.45) is 0. The Kier molecular flexibility index (Phi) is 6.40. The minimum absolute atomic E-state index is 0.287. The number of nitrogens with one attached hydrogen (secondary N) is 1. The molecule has 0 fully saturated rings. The Bertz CT molecular complexity index is 1240. The molecule has 3 aromatic carbocycles. The van der Waals surface area contributed by atoms with E-state index in [-0.39, 0.29) is 5.91 Å². The van der Waals surface area contributed by atoms with E-state index in [9.17, 15) is 4.79 Å². The molecule has 0 unspecified atom stereocenters. The van der Waals surface area contributed by atoms with Crippen LogP contribution in [0.15, 0.2) is 72.8 Å². The van der Waals surface area contributed by atoms with E-state index < -0.39 is 0 Å². The average Bonchev–Trinajstić information content (AvgIpc) is 3.27. The second-order valence-corrected chi connectivity index (χ2v) is 7.99. The number of aromatic nitrogens is 3. The van der Waals surface area contributed by atoms with Crippen LogP contribution in [0.25, 0.3) is 11.4 Å². The molecule has 4 rings (SSSR count). The molecule has 168 valence electrons. The Hall–Kier alpha value is -4.13. The molecule has 0 spiro atoms. The van der Waals surface area contributed by atoms with Crippen LogP contribution in [0.4, 0.5) is 11.6 Å². The summed E-state index contributed by atoms with van der Waals surface area (Å²) in [5, 5.41) is 7.82. The first-order valence-electron chi connectivity index (χ1n) is 10.7. The lowest BCUT2D eigenvalue weighted by atomic mass is 10.1. The lowest BCUT2D eigenvalue weighted by Crippen LogP contribution is -2.17. The lowest BCUT2D eigenvalue weighted by Gasteiger charge is -2.13. The highest BCUT2D eigenvalue weighted by Crippen LogP contribution is 2.22. The van der Waals surface area contributed by atoms with Crippen LogP contribution in [0.3, 0.4) is 0 Å². The molecular weight excluding hydrogens is 414 g/mol. The number of ether oxygens (including phenoxy) is 1. The third-order valence-electron chi connectivity index (χ3n) is 5.33. The Morgan fingerprint density at radius 2 is 1.76 bits per heavy atom. The monoisotopic (exact) mass is 441 g/mol. The Morgan fingerprint density at radius 1 is 1.03 bits per heavy atom. The molecule has 0 aliphatic heterocycles. The molecule has 33 heavy (non-hydrogen) atoms.